The number of amides is 2. The summed E-state index contributed by atoms with van der Waals surface area (Å²) in [4.78, 5) is 32.6. The molecule has 2 amide bonds. The molecule has 0 radical (unpaired) electrons. The van der Waals surface area contributed by atoms with Crippen LogP contribution < -0.4 is 0 Å². The normalized spacial score (nSPS) is 20.3. The molecule has 2 fully saturated rings. The van der Waals surface area contributed by atoms with Crippen LogP contribution in [0.2, 0.25) is 0 Å². The standard InChI is InChI=1S/C26H35N3O3/c1-2-13-29(24-9-6-14-27(19-24)18-21-7-4-3-5-8-21)26(31)22-10-15-28(16-11-22)25(30)23-12-17-32-20-23/h3-5,7-8,12,17,20,22,24H,2,6,9-11,13-16,18-19H2,1H3/t24-/m0/s1. The summed E-state index contributed by atoms with van der Waals surface area (Å²) in [6.45, 7) is 7.21. The van der Waals surface area contributed by atoms with E-state index in [0.29, 0.717) is 18.7 Å². The molecule has 0 spiro atoms. The molecule has 0 bridgehead atoms. The highest BCUT2D eigenvalue weighted by atomic mass is 16.3. The van der Waals surface area contributed by atoms with Crippen molar-refractivity contribution in [1.82, 2.24) is 14.7 Å². The number of hydrogen-bond donors (Lipinski definition) is 0. The van der Waals surface area contributed by atoms with Crippen molar-refractivity contribution in [3.63, 3.8) is 0 Å². The predicted octanol–water partition coefficient (Wildman–Crippen LogP) is 4.04. The van der Waals surface area contributed by atoms with Crippen LogP contribution in [0.3, 0.4) is 0 Å². The van der Waals surface area contributed by atoms with Crippen LogP contribution in [0.1, 0.15) is 54.9 Å². The second-order valence-corrected chi connectivity index (χ2v) is 9.13. The number of piperidine rings is 2. The van der Waals surface area contributed by atoms with Gasteiger partial charge in [0, 0.05) is 44.7 Å². The van der Waals surface area contributed by atoms with Crippen molar-refractivity contribution in [3.05, 3.63) is 60.1 Å². The molecular formula is C26H35N3O3. The molecule has 6 heteroatoms. The van der Waals surface area contributed by atoms with E-state index in [-0.39, 0.29) is 23.8 Å². The zero-order valence-corrected chi connectivity index (χ0v) is 19.1. The van der Waals surface area contributed by atoms with Gasteiger partial charge in [-0.25, -0.2) is 0 Å². The number of benzene rings is 1. The van der Waals surface area contributed by atoms with Gasteiger partial charge in [0.05, 0.1) is 11.8 Å². The Labute approximate surface area is 191 Å². The van der Waals surface area contributed by atoms with E-state index in [1.54, 1.807) is 6.07 Å². The molecule has 1 aromatic carbocycles. The largest absolute Gasteiger partial charge is 0.472 e. The monoisotopic (exact) mass is 437 g/mol. The van der Waals surface area contributed by atoms with Crippen molar-refractivity contribution in [3.8, 4) is 0 Å². The third kappa shape index (κ3) is 5.41. The maximum Gasteiger partial charge on any atom is 0.257 e. The predicted molar refractivity (Wildman–Crippen MR) is 124 cm³/mol. The fourth-order valence-electron chi connectivity index (χ4n) is 5.12. The molecule has 1 atom stereocenters. The lowest BCUT2D eigenvalue weighted by molar-refractivity contribution is -0.140. The van der Waals surface area contributed by atoms with Gasteiger partial charge in [0.1, 0.15) is 6.26 Å². The summed E-state index contributed by atoms with van der Waals surface area (Å²) in [6.07, 6.45) is 7.67. The van der Waals surface area contributed by atoms with Crippen molar-refractivity contribution >= 4 is 11.8 Å². The Morgan fingerprint density at radius 3 is 2.53 bits per heavy atom. The van der Waals surface area contributed by atoms with Crippen molar-refractivity contribution < 1.29 is 14.0 Å². The van der Waals surface area contributed by atoms with E-state index in [4.69, 9.17) is 4.42 Å². The van der Waals surface area contributed by atoms with Crippen LogP contribution in [-0.2, 0) is 11.3 Å². The average molecular weight is 438 g/mol. The molecule has 0 N–H and O–H groups in total. The van der Waals surface area contributed by atoms with E-state index in [0.717, 1.165) is 58.3 Å². The number of furan rings is 1. The van der Waals surface area contributed by atoms with Crippen LogP contribution in [0.25, 0.3) is 0 Å². The van der Waals surface area contributed by atoms with Gasteiger partial charge < -0.3 is 14.2 Å². The van der Waals surface area contributed by atoms with E-state index in [2.05, 4.69) is 47.1 Å². The van der Waals surface area contributed by atoms with Gasteiger partial charge in [0.2, 0.25) is 5.91 Å². The molecule has 2 aliphatic heterocycles. The molecular weight excluding hydrogens is 402 g/mol. The molecule has 2 aromatic rings. The van der Waals surface area contributed by atoms with Gasteiger partial charge >= 0.3 is 0 Å². The topological polar surface area (TPSA) is 57.0 Å². The molecule has 2 aliphatic rings. The molecule has 0 saturated carbocycles. The van der Waals surface area contributed by atoms with Gasteiger partial charge in [-0.1, -0.05) is 37.3 Å². The lowest BCUT2D eigenvalue weighted by Gasteiger charge is -2.42. The van der Waals surface area contributed by atoms with Gasteiger partial charge in [-0.3, -0.25) is 14.5 Å². The quantitative estimate of drug-likeness (QED) is 0.656. The van der Waals surface area contributed by atoms with E-state index in [1.807, 2.05) is 4.90 Å². The second-order valence-electron chi connectivity index (χ2n) is 9.13. The maximum absolute atomic E-state index is 13.5. The first-order valence-corrected chi connectivity index (χ1v) is 12.0. The minimum atomic E-state index is -0.00102. The van der Waals surface area contributed by atoms with Crippen molar-refractivity contribution in [1.29, 1.82) is 0 Å². The first-order valence-electron chi connectivity index (χ1n) is 12.0. The zero-order chi connectivity index (χ0) is 22.3. The summed E-state index contributed by atoms with van der Waals surface area (Å²) >= 11 is 0. The van der Waals surface area contributed by atoms with Gasteiger partial charge in [0.25, 0.3) is 5.91 Å². The van der Waals surface area contributed by atoms with Crippen LogP contribution >= 0.6 is 0 Å². The first-order chi connectivity index (χ1) is 15.7. The molecule has 172 valence electrons. The SMILES string of the molecule is CCCN(C(=O)C1CCN(C(=O)c2ccoc2)CC1)[C@H]1CCCN(Cc2ccccc2)C1. The molecule has 0 unspecified atom stereocenters. The number of rotatable bonds is 7. The fraction of sp³-hybridized carbons (Fsp3) is 0.538. The summed E-state index contributed by atoms with van der Waals surface area (Å²) in [6, 6.07) is 12.6. The number of likely N-dealkylation sites (tertiary alicyclic amines) is 2. The highest BCUT2D eigenvalue weighted by molar-refractivity contribution is 5.94. The maximum atomic E-state index is 13.5. The van der Waals surface area contributed by atoms with Crippen LogP contribution in [0.4, 0.5) is 0 Å². The van der Waals surface area contributed by atoms with Crippen LogP contribution in [0.5, 0.6) is 0 Å². The molecule has 0 aliphatic carbocycles. The number of hydrogen-bond acceptors (Lipinski definition) is 4. The van der Waals surface area contributed by atoms with Gasteiger partial charge in [0.15, 0.2) is 0 Å². The first kappa shape index (κ1) is 22.6. The van der Waals surface area contributed by atoms with Crippen LogP contribution in [0.15, 0.2) is 53.3 Å². The minimum absolute atomic E-state index is 0.00102. The molecule has 2 saturated heterocycles. The number of nitrogens with zero attached hydrogens (tertiary/aromatic N) is 3. The van der Waals surface area contributed by atoms with Gasteiger partial charge in [-0.2, -0.15) is 0 Å². The van der Waals surface area contributed by atoms with E-state index >= 15 is 0 Å². The highest BCUT2D eigenvalue weighted by Crippen LogP contribution is 2.25. The smallest absolute Gasteiger partial charge is 0.257 e. The third-order valence-electron chi connectivity index (χ3n) is 6.82. The lowest BCUT2D eigenvalue weighted by atomic mass is 9.93. The summed E-state index contributed by atoms with van der Waals surface area (Å²) < 4.78 is 5.05. The molecule has 32 heavy (non-hydrogen) atoms. The molecule has 1 aromatic heterocycles. The lowest BCUT2D eigenvalue weighted by Crippen LogP contribution is -2.53. The average Bonchev–Trinajstić information content (AvgIpc) is 3.38. The Hall–Kier alpha value is -2.60. The molecule has 4 rings (SSSR count). The Morgan fingerprint density at radius 2 is 1.84 bits per heavy atom. The summed E-state index contributed by atoms with van der Waals surface area (Å²) in [7, 11) is 0. The fourth-order valence-corrected chi connectivity index (χ4v) is 5.12. The third-order valence-corrected chi connectivity index (χ3v) is 6.82. The second kappa shape index (κ2) is 10.8. The van der Waals surface area contributed by atoms with Crippen molar-refractivity contribution in [2.75, 3.05) is 32.7 Å². The summed E-state index contributed by atoms with van der Waals surface area (Å²) in [5.41, 5.74) is 1.92. The minimum Gasteiger partial charge on any atom is -0.472 e. The van der Waals surface area contributed by atoms with Gasteiger partial charge in [-0.05, 0) is 50.3 Å². The van der Waals surface area contributed by atoms with E-state index < -0.39 is 0 Å². The van der Waals surface area contributed by atoms with Crippen LogP contribution in [-0.4, -0.2) is 65.3 Å². The van der Waals surface area contributed by atoms with E-state index in [1.165, 1.54) is 18.1 Å². The molecule has 6 nitrogen and oxygen atoms in total. The van der Waals surface area contributed by atoms with E-state index in [9.17, 15) is 9.59 Å². The Morgan fingerprint density at radius 1 is 1.06 bits per heavy atom. The van der Waals surface area contributed by atoms with Gasteiger partial charge in [-0.15, -0.1) is 0 Å². The summed E-state index contributed by atoms with van der Waals surface area (Å²) in [5, 5.41) is 0. The Kier molecular flexibility index (Phi) is 7.63. The van der Waals surface area contributed by atoms with Crippen LogP contribution in [0, 0.1) is 5.92 Å². The Bertz CT molecular complexity index is 860. The number of carbonyl (C=O) groups is 2. The van der Waals surface area contributed by atoms with Crippen molar-refractivity contribution in [2.45, 2.75) is 51.6 Å². The summed E-state index contributed by atoms with van der Waals surface area (Å²) in [5.74, 6) is 0.298. The Balaban J connectivity index is 1.34. The number of carbonyl (C=O) groups excluding carboxylic acids is 2. The van der Waals surface area contributed by atoms with Crippen molar-refractivity contribution in [2.24, 2.45) is 5.92 Å². The highest BCUT2D eigenvalue weighted by Gasteiger charge is 2.34. The molecule has 3 heterocycles. The zero-order valence-electron chi connectivity index (χ0n) is 19.1.